The van der Waals surface area contributed by atoms with Gasteiger partial charge in [0.1, 0.15) is 0 Å². The van der Waals surface area contributed by atoms with E-state index in [-0.39, 0.29) is 34.5 Å². The third-order valence-corrected chi connectivity index (χ3v) is 5.97. The summed E-state index contributed by atoms with van der Waals surface area (Å²) in [6.07, 6.45) is -16.1. The monoisotopic (exact) mass is 595 g/mol. The molecule has 2 N–H and O–H groups in total. The van der Waals surface area contributed by atoms with Gasteiger partial charge in [0.15, 0.2) is 0 Å². The van der Waals surface area contributed by atoms with E-state index in [4.69, 9.17) is 0 Å². The number of amides is 2. The van der Waals surface area contributed by atoms with Crippen LogP contribution in [-0.2, 0) is 18.3 Å². The molecule has 3 rings (SSSR count). The highest BCUT2D eigenvalue weighted by Crippen LogP contribution is 2.54. The molecule has 0 aliphatic heterocycles. The van der Waals surface area contributed by atoms with Crippen LogP contribution in [0.5, 0.6) is 0 Å². The van der Waals surface area contributed by atoms with E-state index in [9.17, 15) is 53.5 Å². The van der Waals surface area contributed by atoms with Crippen molar-refractivity contribution in [3.8, 4) is 0 Å². The van der Waals surface area contributed by atoms with E-state index in [1.165, 1.54) is 25.1 Å². The van der Waals surface area contributed by atoms with E-state index in [2.05, 4.69) is 15.6 Å². The van der Waals surface area contributed by atoms with Gasteiger partial charge in [0.2, 0.25) is 0 Å². The quantitative estimate of drug-likeness (QED) is 0.286. The fourth-order valence-electron chi connectivity index (χ4n) is 3.95. The number of alkyl halides is 10. The SMILES string of the molecule is CCc1cc(C(F)(C(F)(F)F)C(F)(F)F)cc(C)c1NC(=O)c1cccc(NC(=O)c2cnccc2C(F)(F)F)c1. The lowest BCUT2D eigenvalue weighted by Gasteiger charge is -2.31. The van der Waals surface area contributed by atoms with Crippen LogP contribution in [0, 0.1) is 6.92 Å². The molecule has 15 heteroatoms. The Morgan fingerprint density at radius 2 is 1.46 bits per heavy atom. The molecule has 1 aromatic heterocycles. The minimum atomic E-state index is -6.32. The van der Waals surface area contributed by atoms with Gasteiger partial charge < -0.3 is 10.6 Å². The summed E-state index contributed by atoms with van der Waals surface area (Å²) >= 11 is 0. The second-order valence-electron chi connectivity index (χ2n) is 8.74. The molecule has 3 aromatic rings. The Balaban J connectivity index is 1.92. The molecule has 41 heavy (non-hydrogen) atoms. The molecule has 0 aliphatic rings. The van der Waals surface area contributed by atoms with Crippen LogP contribution in [0.3, 0.4) is 0 Å². The van der Waals surface area contributed by atoms with Crippen molar-refractivity contribution >= 4 is 23.2 Å². The van der Waals surface area contributed by atoms with Gasteiger partial charge in [-0.05, 0) is 54.8 Å². The topological polar surface area (TPSA) is 71.1 Å². The van der Waals surface area contributed by atoms with Crippen LogP contribution in [0.15, 0.2) is 54.9 Å². The number of aromatic nitrogens is 1. The lowest BCUT2D eigenvalue weighted by molar-refractivity contribution is -0.348. The molecule has 0 aliphatic carbocycles. The zero-order valence-electron chi connectivity index (χ0n) is 20.9. The Labute approximate surface area is 225 Å². The highest BCUT2D eigenvalue weighted by molar-refractivity contribution is 6.08. The van der Waals surface area contributed by atoms with Crippen LogP contribution in [0.2, 0.25) is 0 Å². The number of hydrogen-bond donors (Lipinski definition) is 2. The van der Waals surface area contributed by atoms with Crippen molar-refractivity contribution in [2.75, 3.05) is 10.6 Å². The highest BCUT2D eigenvalue weighted by Gasteiger charge is 2.73. The number of benzene rings is 2. The summed E-state index contributed by atoms with van der Waals surface area (Å²) in [5.74, 6) is -2.12. The van der Waals surface area contributed by atoms with E-state index in [1.807, 2.05) is 0 Å². The number of carbonyl (C=O) groups is 2. The first kappa shape index (κ1) is 31.4. The van der Waals surface area contributed by atoms with Gasteiger partial charge in [-0.25, -0.2) is 4.39 Å². The number of carbonyl (C=O) groups excluding carboxylic acids is 2. The zero-order valence-corrected chi connectivity index (χ0v) is 20.9. The van der Waals surface area contributed by atoms with Crippen molar-refractivity contribution in [3.63, 3.8) is 0 Å². The first-order valence-corrected chi connectivity index (χ1v) is 11.5. The number of hydrogen-bond acceptors (Lipinski definition) is 3. The van der Waals surface area contributed by atoms with E-state index in [1.54, 1.807) is 0 Å². The molecule has 1 heterocycles. The van der Waals surface area contributed by atoms with E-state index in [0.29, 0.717) is 24.4 Å². The Morgan fingerprint density at radius 1 is 0.829 bits per heavy atom. The maximum atomic E-state index is 14.6. The van der Waals surface area contributed by atoms with E-state index >= 15 is 0 Å². The summed E-state index contributed by atoms with van der Waals surface area (Å²) in [6, 6.07) is 6.13. The molecule has 2 aromatic carbocycles. The molecule has 0 saturated carbocycles. The Morgan fingerprint density at radius 3 is 2.02 bits per heavy atom. The molecule has 0 unspecified atom stereocenters. The number of halogens is 10. The van der Waals surface area contributed by atoms with Crippen molar-refractivity contribution in [2.45, 2.75) is 44.5 Å². The number of nitrogens with zero attached hydrogens (tertiary/aromatic N) is 1. The Kier molecular flexibility index (Phi) is 8.42. The van der Waals surface area contributed by atoms with Gasteiger partial charge in [-0.3, -0.25) is 14.6 Å². The number of nitrogens with one attached hydrogen (secondary N) is 2. The molecule has 0 radical (unpaired) electrons. The summed E-state index contributed by atoms with van der Waals surface area (Å²) in [5.41, 5.74) is -10.4. The van der Waals surface area contributed by atoms with Crippen LogP contribution in [-0.4, -0.2) is 29.2 Å². The second kappa shape index (κ2) is 11.0. The first-order chi connectivity index (χ1) is 18.8. The van der Waals surface area contributed by atoms with Gasteiger partial charge in [-0.2, -0.15) is 39.5 Å². The molecular formula is C26H19F10N3O2. The van der Waals surface area contributed by atoms with Crippen molar-refractivity contribution in [3.05, 3.63) is 88.2 Å². The minimum absolute atomic E-state index is 0.111. The van der Waals surface area contributed by atoms with Crippen LogP contribution < -0.4 is 10.6 Å². The molecule has 220 valence electrons. The van der Waals surface area contributed by atoms with Crippen LogP contribution >= 0.6 is 0 Å². The molecule has 0 fully saturated rings. The summed E-state index contributed by atoms with van der Waals surface area (Å²) in [4.78, 5) is 28.9. The first-order valence-electron chi connectivity index (χ1n) is 11.5. The standard InChI is InChI=1S/C26H19F10N3O2/c1-3-14-10-16(23(27,25(31,32)33)26(34,35)36)9-13(2)20(14)39-21(40)15-5-4-6-17(11-15)38-22(41)18-12-37-8-7-19(18)24(28,29)30/h4-12H,3H2,1-2H3,(H,38,41)(H,39,40). The fraction of sp³-hybridized carbons (Fsp3) is 0.269. The summed E-state index contributed by atoms with van der Waals surface area (Å²) in [5, 5.41) is 4.55. The third kappa shape index (κ3) is 6.28. The number of pyridine rings is 1. The predicted octanol–water partition coefficient (Wildman–Crippen LogP) is 7.77. The van der Waals surface area contributed by atoms with Gasteiger partial charge in [-0.15, -0.1) is 0 Å². The second-order valence-corrected chi connectivity index (χ2v) is 8.74. The van der Waals surface area contributed by atoms with Crippen LogP contribution in [0.4, 0.5) is 55.3 Å². The Hall–Kier alpha value is -4.17. The normalized spacial score (nSPS) is 12.7. The zero-order chi connectivity index (χ0) is 31.0. The fourth-order valence-corrected chi connectivity index (χ4v) is 3.95. The highest BCUT2D eigenvalue weighted by atomic mass is 19.4. The summed E-state index contributed by atoms with van der Waals surface area (Å²) in [6.45, 7) is 2.44. The van der Waals surface area contributed by atoms with Crippen LogP contribution in [0.25, 0.3) is 0 Å². The van der Waals surface area contributed by atoms with Crippen molar-refractivity contribution in [2.24, 2.45) is 0 Å². The van der Waals surface area contributed by atoms with Gasteiger partial charge in [0.25, 0.3) is 11.8 Å². The Bertz CT molecular complexity index is 1450. The molecule has 5 nitrogen and oxygen atoms in total. The van der Waals surface area contributed by atoms with Gasteiger partial charge in [0.05, 0.1) is 11.1 Å². The molecule has 0 spiro atoms. The summed E-state index contributed by atoms with van der Waals surface area (Å²) in [7, 11) is 0. The average molecular weight is 595 g/mol. The van der Waals surface area contributed by atoms with Gasteiger partial charge in [0, 0.05) is 34.9 Å². The maximum absolute atomic E-state index is 14.6. The third-order valence-electron chi connectivity index (χ3n) is 5.97. The molecular weight excluding hydrogens is 576 g/mol. The van der Waals surface area contributed by atoms with Gasteiger partial charge >= 0.3 is 24.2 Å². The van der Waals surface area contributed by atoms with E-state index < -0.39 is 52.7 Å². The summed E-state index contributed by atoms with van der Waals surface area (Å²) < 4.78 is 134. The molecule has 0 bridgehead atoms. The molecule has 0 saturated heterocycles. The predicted molar refractivity (Wildman–Crippen MR) is 127 cm³/mol. The smallest absolute Gasteiger partial charge is 0.322 e. The molecule has 2 amide bonds. The lowest BCUT2D eigenvalue weighted by Crippen LogP contribution is -2.50. The lowest BCUT2D eigenvalue weighted by atomic mass is 9.89. The average Bonchev–Trinajstić information content (AvgIpc) is 2.87. The van der Waals surface area contributed by atoms with Gasteiger partial charge in [-0.1, -0.05) is 19.1 Å². The number of aryl methyl sites for hydroxylation is 2. The van der Waals surface area contributed by atoms with E-state index in [0.717, 1.165) is 19.2 Å². The minimum Gasteiger partial charge on any atom is -0.322 e. The van der Waals surface area contributed by atoms with Crippen molar-refractivity contribution in [1.29, 1.82) is 0 Å². The maximum Gasteiger partial charge on any atom is 0.435 e. The largest absolute Gasteiger partial charge is 0.435 e. The number of anilines is 2. The van der Waals surface area contributed by atoms with Crippen molar-refractivity contribution < 1.29 is 53.5 Å². The number of rotatable bonds is 6. The van der Waals surface area contributed by atoms with Crippen LogP contribution in [0.1, 0.15) is 49.9 Å². The van der Waals surface area contributed by atoms with Crippen molar-refractivity contribution in [1.82, 2.24) is 4.98 Å². The molecule has 0 atom stereocenters.